The Morgan fingerprint density at radius 1 is 1.56 bits per heavy atom. The smallest absolute Gasteiger partial charge is 0.355 e. The largest absolute Gasteiger partial charge is 0.401 e. The molecular formula is C11H18BrF3N2O. The second-order valence-corrected chi connectivity index (χ2v) is 5.73. The molecule has 18 heavy (non-hydrogen) atoms. The number of halogens is 4. The number of nitrogens with one attached hydrogen (secondary N) is 1. The van der Waals surface area contributed by atoms with Crippen LogP contribution in [0.5, 0.6) is 0 Å². The van der Waals surface area contributed by atoms with Crippen molar-refractivity contribution in [2.75, 3.05) is 26.2 Å². The summed E-state index contributed by atoms with van der Waals surface area (Å²) in [6.45, 7) is 2.34. The predicted octanol–water partition coefficient (Wildman–Crippen LogP) is 2.16. The van der Waals surface area contributed by atoms with E-state index in [9.17, 15) is 18.0 Å². The zero-order valence-corrected chi connectivity index (χ0v) is 11.9. The molecule has 3 nitrogen and oxygen atoms in total. The fourth-order valence-electron chi connectivity index (χ4n) is 2.02. The first kappa shape index (κ1) is 15.8. The minimum absolute atomic E-state index is 0.0910. The maximum Gasteiger partial charge on any atom is 0.401 e. The Morgan fingerprint density at radius 3 is 2.78 bits per heavy atom. The van der Waals surface area contributed by atoms with Crippen molar-refractivity contribution in [3.05, 3.63) is 0 Å². The van der Waals surface area contributed by atoms with Crippen LogP contribution < -0.4 is 5.32 Å². The Hall–Kier alpha value is -0.300. The summed E-state index contributed by atoms with van der Waals surface area (Å²) in [4.78, 5) is 12.7. The number of likely N-dealkylation sites (tertiary alicyclic amines) is 1. The summed E-state index contributed by atoms with van der Waals surface area (Å²) in [5, 5.41) is 2.76. The van der Waals surface area contributed by atoms with Crippen molar-refractivity contribution in [2.24, 2.45) is 5.92 Å². The van der Waals surface area contributed by atoms with Crippen molar-refractivity contribution >= 4 is 21.8 Å². The third-order valence-corrected chi connectivity index (χ3v) is 4.04. The lowest BCUT2D eigenvalue weighted by atomic mass is 10.1. The maximum absolute atomic E-state index is 12.2. The van der Waals surface area contributed by atoms with Crippen LogP contribution >= 0.6 is 15.9 Å². The highest BCUT2D eigenvalue weighted by molar-refractivity contribution is 9.10. The average Bonchev–Trinajstić information content (AvgIpc) is 2.69. The van der Waals surface area contributed by atoms with Gasteiger partial charge in [-0.15, -0.1) is 0 Å². The molecular weight excluding hydrogens is 313 g/mol. The van der Waals surface area contributed by atoms with Crippen LogP contribution in [-0.4, -0.2) is 48.0 Å². The minimum atomic E-state index is -4.14. The number of alkyl halides is 4. The van der Waals surface area contributed by atoms with Gasteiger partial charge in [-0.25, -0.2) is 0 Å². The molecule has 0 radical (unpaired) electrons. The lowest BCUT2D eigenvalue weighted by Crippen LogP contribution is -2.36. The quantitative estimate of drug-likeness (QED) is 0.783. The van der Waals surface area contributed by atoms with E-state index in [0.29, 0.717) is 32.5 Å². The van der Waals surface area contributed by atoms with E-state index < -0.39 is 12.7 Å². The maximum atomic E-state index is 12.2. The molecule has 106 valence electrons. The van der Waals surface area contributed by atoms with E-state index in [1.165, 1.54) is 4.90 Å². The van der Waals surface area contributed by atoms with Gasteiger partial charge < -0.3 is 5.32 Å². The van der Waals surface area contributed by atoms with Crippen LogP contribution in [0.1, 0.15) is 19.8 Å². The summed E-state index contributed by atoms with van der Waals surface area (Å²) in [6.07, 6.45) is -2.74. The van der Waals surface area contributed by atoms with E-state index in [0.717, 1.165) is 0 Å². The normalized spacial score (nSPS) is 23.1. The molecule has 0 spiro atoms. The van der Waals surface area contributed by atoms with Crippen molar-refractivity contribution < 1.29 is 18.0 Å². The van der Waals surface area contributed by atoms with Gasteiger partial charge in [-0.3, -0.25) is 9.69 Å². The summed E-state index contributed by atoms with van der Waals surface area (Å²) >= 11 is 3.23. The van der Waals surface area contributed by atoms with E-state index in [1.807, 2.05) is 6.92 Å². The van der Waals surface area contributed by atoms with E-state index in [-0.39, 0.29) is 16.7 Å². The predicted molar refractivity (Wildman–Crippen MR) is 66.6 cm³/mol. The molecule has 1 aliphatic heterocycles. The third kappa shape index (κ3) is 5.56. The number of amides is 1. The van der Waals surface area contributed by atoms with Crippen molar-refractivity contribution in [3.8, 4) is 0 Å². The monoisotopic (exact) mass is 330 g/mol. The van der Waals surface area contributed by atoms with E-state index in [4.69, 9.17) is 0 Å². The highest BCUT2D eigenvalue weighted by Crippen LogP contribution is 2.22. The van der Waals surface area contributed by atoms with Crippen LogP contribution in [0.2, 0.25) is 0 Å². The summed E-state index contributed by atoms with van der Waals surface area (Å²) < 4.78 is 36.5. The van der Waals surface area contributed by atoms with Crippen molar-refractivity contribution in [1.29, 1.82) is 0 Å². The zero-order chi connectivity index (χ0) is 13.8. The van der Waals surface area contributed by atoms with Crippen LogP contribution in [-0.2, 0) is 4.79 Å². The standard InChI is InChI=1S/C11H18BrF3N2O/c1-2-9(12)10(18)16-5-8-3-4-17(6-8)7-11(13,14)15/h8-9H,2-7H2,1H3,(H,16,18). The second-order valence-electron chi connectivity index (χ2n) is 4.63. The molecule has 1 heterocycles. The van der Waals surface area contributed by atoms with Gasteiger partial charge in [0.2, 0.25) is 5.91 Å². The third-order valence-electron chi connectivity index (χ3n) is 2.98. The first-order chi connectivity index (χ1) is 8.31. The van der Waals surface area contributed by atoms with Gasteiger partial charge in [0, 0.05) is 13.1 Å². The lowest BCUT2D eigenvalue weighted by molar-refractivity contribution is -0.143. The highest BCUT2D eigenvalue weighted by atomic mass is 79.9. The molecule has 1 N–H and O–H groups in total. The Bertz CT molecular complexity index is 286. The molecule has 1 saturated heterocycles. The van der Waals surface area contributed by atoms with Crippen LogP contribution in [0.3, 0.4) is 0 Å². The molecule has 0 aromatic rings. The summed E-state index contributed by atoms with van der Waals surface area (Å²) in [5.41, 5.74) is 0. The summed E-state index contributed by atoms with van der Waals surface area (Å²) in [7, 11) is 0. The van der Waals surface area contributed by atoms with E-state index in [2.05, 4.69) is 21.2 Å². The molecule has 1 rings (SSSR count). The SMILES string of the molecule is CCC(Br)C(=O)NCC1CCN(CC(F)(F)F)C1. The Labute approximate surface area is 113 Å². The first-order valence-corrected chi connectivity index (χ1v) is 6.94. The van der Waals surface area contributed by atoms with Crippen molar-refractivity contribution in [1.82, 2.24) is 10.2 Å². The Morgan fingerprint density at radius 2 is 2.22 bits per heavy atom. The molecule has 0 aromatic heterocycles. The number of hydrogen-bond donors (Lipinski definition) is 1. The molecule has 1 aliphatic rings. The molecule has 0 aromatic carbocycles. The molecule has 2 unspecified atom stereocenters. The molecule has 0 aliphatic carbocycles. The number of nitrogens with zero attached hydrogens (tertiary/aromatic N) is 1. The number of hydrogen-bond acceptors (Lipinski definition) is 2. The first-order valence-electron chi connectivity index (χ1n) is 6.02. The van der Waals surface area contributed by atoms with Crippen LogP contribution in [0.25, 0.3) is 0 Å². The minimum Gasteiger partial charge on any atom is -0.355 e. The van der Waals surface area contributed by atoms with Gasteiger partial charge in [-0.05, 0) is 25.3 Å². The molecule has 1 fully saturated rings. The van der Waals surface area contributed by atoms with Crippen LogP contribution in [0, 0.1) is 5.92 Å². The summed E-state index contributed by atoms with van der Waals surface area (Å²) in [5.74, 6) is 0.0274. The molecule has 0 bridgehead atoms. The average molecular weight is 331 g/mol. The molecule has 2 atom stereocenters. The van der Waals surface area contributed by atoms with Crippen LogP contribution in [0.4, 0.5) is 13.2 Å². The van der Waals surface area contributed by atoms with Gasteiger partial charge in [-0.1, -0.05) is 22.9 Å². The second kappa shape index (κ2) is 6.75. The van der Waals surface area contributed by atoms with E-state index in [1.54, 1.807) is 0 Å². The number of rotatable bonds is 5. The fourth-order valence-corrected chi connectivity index (χ4v) is 2.18. The Balaban J connectivity index is 2.25. The topological polar surface area (TPSA) is 32.3 Å². The van der Waals surface area contributed by atoms with Crippen LogP contribution in [0.15, 0.2) is 0 Å². The molecule has 1 amide bonds. The number of carbonyl (C=O) groups is 1. The number of carbonyl (C=O) groups excluding carboxylic acids is 1. The molecule has 0 saturated carbocycles. The van der Waals surface area contributed by atoms with Crippen molar-refractivity contribution in [2.45, 2.75) is 30.8 Å². The summed E-state index contributed by atoms with van der Waals surface area (Å²) in [6, 6.07) is 0. The molecule has 7 heteroatoms. The highest BCUT2D eigenvalue weighted by Gasteiger charge is 2.34. The van der Waals surface area contributed by atoms with Gasteiger partial charge in [0.15, 0.2) is 0 Å². The van der Waals surface area contributed by atoms with Gasteiger partial charge in [0.1, 0.15) is 0 Å². The van der Waals surface area contributed by atoms with E-state index >= 15 is 0 Å². The lowest BCUT2D eigenvalue weighted by Gasteiger charge is -2.18. The fraction of sp³-hybridized carbons (Fsp3) is 0.909. The Kier molecular flexibility index (Phi) is 5.91. The van der Waals surface area contributed by atoms with Gasteiger partial charge >= 0.3 is 6.18 Å². The zero-order valence-electron chi connectivity index (χ0n) is 10.3. The van der Waals surface area contributed by atoms with Gasteiger partial charge in [-0.2, -0.15) is 13.2 Å². The van der Waals surface area contributed by atoms with Gasteiger partial charge in [0.05, 0.1) is 11.4 Å². The van der Waals surface area contributed by atoms with Gasteiger partial charge in [0.25, 0.3) is 0 Å². The van der Waals surface area contributed by atoms with Crippen molar-refractivity contribution in [3.63, 3.8) is 0 Å².